The lowest BCUT2D eigenvalue weighted by molar-refractivity contribution is -0.274. The third-order valence-electron chi connectivity index (χ3n) is 2.15. The third-order valence-corrected chi connectivity index (χ3v) is 2.36. The first-order valence-corrected chi connectivity index (χ1v) is 5.30. The minimum Gasteiger partial charge on any atom is -0.405 e. The van der Waals surface area contributed by atoms with Crippen LogP contribution in [0.15, 0.2) is 42.6 Å². The number of alkyl halides is 3. The summed E-state index contributed by atoms with van der Waals surface area (Å²) in [7, 11) is 0. The molecule has 0 saturated carbocycles. The van der Waals surface area contributed by atoms with Gasteiger partial charge in [-0.1, -0.05) is 29.8 Å². The summed E-state index contributed by atoms with van der Waals surface area (Å²) in [4.78, 5) is 3.77. The second-order valence-electron chi connectivity index (χ2n) is 3.41. The number of pyridine rings is 1. The number of hydrogen-bond donors (Lipinski definition) is 0. The van der Waals surface area contributed by atoms with E-state index in [1.54, 1.807) is 12.1 Å². The zero-order valence-corrected chi connectivity index (χ0v) is 9.66. The molecule has 0 spiro atoms. The lowest BCUT2D eigenvalue weighted by atomic mass is 10.1. The molecule has 1 heterocycles. The van der Waals surface area contributed by atoms with E-state index in [0.717, 1.165) is 0 Å². The molecule has 0 radical (unpaired) electrons. The van der Waals surface area contributed by atoms with Crippen molar-refractivity contribution in [1.29, 1.82) is 0 Å². The van der Waals surface area contributed by atoms with Crippen LogP contribution in [-0.4, -0.2) is 11.3 Å². The van der Waals surface area contributed by atoms with Gasteiger partial charge in [-0.2, -0.15) is 0 Å². The number of hydrogen-bond acceptors (Lipinski definition) is 2. The number of rotatable bonds is 2. The second-order valence-corrected chi connectivity index (χ2v) is 3.80. The van der Waals surface area contributed by atoms with Gasteiger partial charge in [-0.05, 0) is 23.8 Å². The van der Waals surface area contributed by atoms with Gasteiger partial charge >= 0.3 is 6.36 Å². The molecule has 0 N–H and O–H groups in total. The molecule has 0 aliphatic carbocycles. The van der Waals surface area contributed by atoms with Gasteiger partial charge in [0.25, 0.3) is 0 Å². The number of halogens is 4. The third kappa shape index (κ3) is 3.13. The van der Waals surface area contributed by atoms with E-state index in [-0.39, 0.29) is 10.9 Å². The highest BCUT2D eigenvalue weighted by Crippen LogP contribution is 2.33. The van der Waals surface area contributed by atoms with E-state index in [0.29, 0.717) is 11.1 Å². The van der Waals surface area contributed by atoms with Crippen molar-refractivity contribution in [3.05, 3.63) is 47.7 Å². The Bertz CT molecular complexity index is 557. The van der Waals surface area contributed by atoms with E-state index in [9.17, 15) is 13.2 Å². The first-order chi connectivity index (χ1) is 8.46. The molecule has 0 saturated heterocycles. The van der Waals surface area contributed by atoms with Crippen molar-refractivity contribution < 1.29 is 17.9 Å². The Morgan fingerprint density at radius 2 is 1.83 bits per heavy atom. The van der Waals surface area contributed by atoms with Crippen molar-refractivity contribution in [3.63, 3.8) is 0 Å². The van der Waals surface area contributed by atoms with Gasteiger partial charge in [0, 0.05) is 11.8 Å². The summed E-state index contributed by atoms with van der Waals surface area (Å²) in [6, 6.07) is 8.88. The van der Waals surface area contributed by atoms with E-state index in [4.69, 9.17) is 11.6 Å². The molecule has 0 aliphatic rings. The first-order valence-electron chi connectivity index (χ1n) is 4.92. The molecule has 2 rings (SSSR count). The van der Waals surface area contributed by atoms with Crippen LogP contribution in [0.2, 0.25) is 5.15 Å². The molecule has 0 bridgehead atoms. The van der Waals surface area contributed by atoms with Crippen LogP contribution in [-0.2, 0) is 0 Å². The number of nitrogens with zero attached hydrogens (tertiary/aromatic N) is 1. The minimum atomic E-state index is -4.73. The van der Waals surface area contributed by atoms with Crippen molar-refractivity contribution in [2.75, 3.05) is 0 Å². The van der Waals surface area contributed by atoms with Crippen molar-refractivity contribution in [1.82, 2.24) is 4.98 Å². The van der Waals surface area contributed by atoms with Crippen molar-refractivity contribution in [2.45, 2.75) is 6.36 Å². The maximum atomic E-state index is 12.3. The monoisotopic (exact) mass is 273 g/mol. The van der Waals surface area contributed by atoms with Gasteiger partial charge in [0.15, 0.2) is 0 Å². The van der Waals surface area contributed by atoms with Gasteiger partial charge in [-0.25, -0.2) is 4.98 Å². The molecule has 0 atom stereocenters. The molecule has 0 unspecified atom stereocenters. The Morgan fingerprint density at radius 1 is 1.11 bits per heavy atom. The molecule has 0 amide bonds. The van der Waals surface area contributed by atoms with Crippen molar-refractivity contribution in [3.8, 4) is 16.9 Å². The van der Waals surface area contributed by atoms with Gasteiger partial charge in [0.2, 0.25) is 0 Å². The van der Waals surface area contributed by atoms with Crippen LogP contribution >= 0.6 is 11.6 Å². The average Bonchev–Trinajstić information content (AvgIpc) is 2.27. The Hall–Kier alpha value is -1.75. The van der Waals surface area contributed by atoms with Crippen LogP contribution in [0.4, 0.5) is 13.2 Å². The number of para-hydroxylation sites is 1. The van der Waals surface area contributed by atoms with Crippen LogP contribution < -0.4 is 4.74 Å². The summed E-state index contributed by atoms with van der Waals surface area (Å²) in [6.07, 6.45) is -3.31. The smallest absolute Gasteiger partial charge is 0.405 e. The van der Waals surface area contributed by atoms with E-state index < -0.39 is 6.36 Å². The fraction of sp³-hybridized carbons (Fsp3) is 0.0833. The molecule has 2 aromatic rings. The molecule has 0 fully saturated rings. The lowest BCUT2D eigenvalue weighted by Crippen LogP contribution is -2.17. The Labute approximate surface area is 106 Å². The van der Waals surface area contributed by atoms with Crippen LogP contribution in [0.1, 0.15) is 0 Å². The van der Waals surface area contributed by atoms with Gasteiger partial charge in [-0.3, -0.25) is 0 Å². The quantitative estimate of drug-likeness (QED) is 0.761. The zero-order valence-electron chi connectivity index (χ0n) is 8.91. The highest BCUT2D eigenvalue weighted by molar-refractivity contribution is 6.29. The summed E-state index contributed by atoms with van der Waals surface area (Å²) in [5.41, 5.74) is 0.814. The normalized spacial score (nSPS) is 11.3. The van der Waals surface area contributed by atoms with Gasteiger partial charge < -0.3 is 4.74 Å². The SMILES string of the molecule is FC(F)(F)Oc1ccccc1-c1ccnc(Cl)c1. The molecule has 6 heteroatoms. The molecule has 2 nitrogen and oxygen atoms in total. The van der Waals surface area contributed by atoms with Gasteiger partial charge in [-0.15, -0.1) is 13.2 Å². The topological polar surface area (TPSA) is 22.1 Å². The van der Waals surface area contributed by atoms with Crippen LogP contribution in [0.5, 0.6) is 5.75 Å². The number of benzene rings is 1. The highest BCUT2D eigenvalue weighted by atomic mass is 35.5. The highest BCUT2D eigenvalue weighted by Gasteiger charge is 2.32. The molecule has 1 aromatic carbocycles. The molecule has 18 heavy (non-hydrogen) atoms. The largest absolute Gasteiger partial charge is 0.573 e. The molecule has 94 valence electrons. The molecular weight excluding hydrogens is 267 g/mol. The van der Waals surface area contributed by atoms with Crippen LogP contribution in [0, 0.1) is 0 Å². The van der Waals surface area contributed by atoms with E-state index in [1.807, 2.05) is 0 Å². The van der Waals surface area contributed by atoms with E-state index in [2.05, 4.69) is 9.72 Å². The maximum Gasteiger partial charge on any atom is 0.573 e. The molecule has 1 aromatic heterocycles. The summed E-state index contributed by atoms with van der Waals surface area (Å²) >= 11 is 5.71. The standard InChI is InChI=1S/C12H7ClF3NO/c13-11-7-8(5-6-17-11)9-3-1-2-4-10(9)18-12(14,15)16/h1-7H. The van der Waals surface area contributed by atoms with Crippen LogP contribution in [0.3, 0.4) is 0 Å². The Balaban J connectivity index is 2.45. The fourth-order valence-electron chi connectivity index (χ4n) is 1.49. The van der Waals surface area contributed by atoms with E-state index >= 15 is 0 Å². The van der Waals surface area contributed by atoms with Crippen molar-refractivity contribution in [2.24, 2.45) is 0 Å². The van der Waals surface area contributed by atoms with Gasteiger partial charge in [0.05, 0.1) is 0 Å². The average molecular weight is 274 g/mol. The predicted molar refractivity (Wildman–Crippen MR) is 61.4 cm³/mol. The van der Waals surface area contributed by atoms with Crippen LogP contribution in [0.25, 0.3) is 11.1 Å². The number of ether oxygens (including phenoxy) is 1. The van der Waals surface area contributed by atoms with Crippen molar-refractivity contribution >= 4 is 11.6 Å². The predicted octanol–water partition coefficient (Wildman–Crippen LogP) is 4.30. The minimum absolute atomic E-state index is 0.203. The lowest BCUT2D eigenvalue weighted by Gasteiger charge is -2.13. The maximum absolute atomic E-state index is 12.3. The summed E-state index contributed by atoms with van der Waals surface area (Å²) in [6.45, 7) is 0. The Kier molecular flexibility index (Phi) is 3.43. The molecular formula is C12H7ClF3NO. The fourth-order valence-corrected chi connectivity index (χ4v) is 1.66. The zero-order chi connectivity index (χ0) is 13.2. The summed E-state index contributed by atoms with van der Waals surface area (Å²) < 4.78 is 40.7. The summed E-state index contributed by atoms with van der Waals surface area (Å²) in [5.74, 6) is -0.271. The first kappa shape index (κ1) is 12.7. The second kappa shape index (κ2) is 4.86. The number of aromatic nitrogens is 1. The molecule has 0 aliphatic heterocycles. The van der Waals surface area contributed by atoms with E-state index in [1.165, 1.54) is 30.5 Å². The Morgan fingerprint density at radius 3 is 2.50 bits per heavy atom. The summed E-state index contributed by atoms with van der Waals surface area (Å²) in [5, 5.41) is 0.203. The van der Waals surface area contributed by atoms with Gasteiger partial charge in [0.1, 0.15) is 10.9 Å².